The Morgan fingerprint density at radius 3 is 1.69 bits per heavy atom. The van der Waals surface area contributed by atoms with Gasteiger partial charge in [-0.15, -0.1) is 0 Å². The van der Waals surface area contributed by atoms with Crippen LogP contribution in [0.2, 0.25) is 5.02 Å². The molecule has 0 aliphatic carbocycles. The van der Waals surface area contributed by atoms with Crippen molar-refractivity contribution in [3.63, 3.8) is 0 Å². The van der Waals surface area contributed by atoms with Crippen LogP contribution in [-0.4, -0.2) is 29.5 Å². The molecule has 90 valence electrons. The van der Waals surface area contributed by atoms with Gasteiger partial charge in [-0.3, -0.25) is 4.70 Å². The summed E-state index contributed by atoms with van der Waals surface area (Å²) >= 11 is 5.61. The number of halogens is 2. The highest BCUT2D eigenvalue weighted by atomic mass is 35.5. The van der Waals surface area contributed by atoms with Crippen molar-refractivity contribution in [1.82, 2.24) is 0 Å². The molecule has 1 aromatic rings. The lowest BCUT2D eigenvalue weighted by atomic mass is 10.3. The largest absolute Gasteiger partial charge is 0.631 e. The molecule has 0 atom stereocenters. The van der Waals surface area contributed by atoms with Crippen LogP contribution in [0.5, 0.6) is 5.75 Å². The van der Waals surface area contributed by atoms with Crippen LogP contribution >= 0.6 is 11.6 Å². The monoisotopic (exact) mass is 252 g/mol. The molecule has 0 amide bonds. The SMILES string of the molecule is COc1ccc(Cl)cc1.F.N#N.OB(O)O. The van der Waals surface area contributed by atoms with Gasteiger partial charge in [-0.1, -0.05) is 11.6 Å². The molecule has 0 saturated carbocycles. The number of hydrogen-bond acceptors (Lipinski definition) is 6. The first-order valence-corrected chi connectivity index (χ1v) is 3.98. The van der Waals surface area contributed by atoms with Crippen LogP contribution in [0.15, 0.2) is 24.3 Å². The average Bonchev–Trinajstić information content (AvgIpc) is 2.21. The van der Waals surface area contributed by atoms with E-state index >= 15 is 0 Å². The van der Waals surface area contributed by atoms with E-state index in [1.807, 2.05) is 12.1 Å². The maximum absolute atomic E-state index is 7.17. The predicted molar refractivity (Wildman–Crippen MR) is 56.4 cm³/mol. The zero-order valence-corrected chi connectivity index (χ0v) is 9.07. The minimum atomic E-state index is -2.17. The van der Waals surface area contributed by atoms with E-state index in [2.05, 4.69) is 0 Å². The van der Waals surface area contributed by atoms with Crippen molar-refractivity contribution in [2.75, 3.05) is 7.11 Å². The summed E-state index contributed by atoms with van der Waals surface area (Å²) in [7, 11) is -0.538. The molecule has 0 radical (unpaired) electrons. The topological polar surface area (TPSA) is 118 Å². The van der Waals surface area contributed by atoms with Crippen LogP contribution in [-0.2, 0) is 0 Å². The fourth-order valence-electron chi connectivity index (χ4n) is 0.571. The zero-order valence-electron chi connectivity index (χ0n) is 8.32. The van der Waals surface area contributed by atoms with E-state index in [9.17, 15) is 0 Å². The second-order valence-corrected chi connectivity index (χ2v) is 2.44. The first kappa shape index (κ1) is 20.1. The molecule has 0 bridgehead atoms. The molecule has 0 saturated heterocycles. The van der Waals surface area contributed by atoms with Gasteiger partial charge in [0.15, 0.2) is 0 Å². The summed E-state index contributed by atoms with van der Waals surface area (Å²) in [6, 6.07) is 7.23. The van der Waals surface area contributed by atoms with Gasteiger partial charge in [0.25, 0.3) is 0 Å². The van der Waals surface area contributed by atoms with Crippen molar-refractivity contribution in [2.45, 2.75) is 0 Å². The lowest BCUT2D eigenvalue weighted by Gasteiger charge is -1.96. The Morgan fingerprint density at radius 1 is 1.12 bits per heavy atom. The third-order valence-corrected chi connectivity index (χ3v) is 1.30. The lowest BCUT2D eigenvalue weighted by Crippen LogP contribution is -2.07. The average molecular weight is 252 g/mol. The van der Waals surface area contributed by atoms with Gasteiger partial charge in [0.1, 0.15) is 5.75 Å². The van der Waals surface area contributed by atoms with Gasteiger partial charge in [0.05, 0.1) is 7.11 Å². The van der Waals surface area contributed by atoms with E-state index in [1.165, 1.54) is 0 Å². The Hall–Kier alpha value is -1.40. The summed E-state index contributed by atoms with van der Waals surface area (Å²) in [6.45, 7) is 0. The number of ether oxygens (including phenoxy) is 1. The van der Waals surface area contributed by atoms with Crippen LogP contribution in [0.4, 0.5) is 4.70 Å². The Kier molecular flexibility index (Phi) is 17.1. The normalized spacial score (nSPS) is 6.94. The molecule has 0 unspecified atom stereocenters. The molecule has 0 spiro atoms. The van der Waals surface area contributed by atoms with Crippen LogP contribution in [0.1, 0.15) is 0 Å². The van der Waals surface area contributed by atoms with Gasteiger partial charge in [0, 0.05) is 15.8 Å². The molecular formula is C7H11BClFN2O4. The van der Waals surface area contributed by atoms with Crippen LogP contribution < -0.4 is 4.74 Å². The van der Waals surface area contributed by atoms with Crippen LogP contribution in [0, 0.1) is 10.8 Å². The van der Waals surface area contributed by atoms with Gasteiger partial charge in [-0.25, -0.2) is 0 Å². The van der Waals surface area contributed by atoms with Crippen molar-refractivity contribution < 1.29 is 24.5 Å². The maximum atomic E-state index is 7.17. The number of methoxy groups -OCH3 is 1. The standard InChI is InChI=1S/C7H7ClO.BH3O3.FH.N2/c1-9-7-4-2-6(8)3-5-7;2-1(3)4;;1-2/h2-5H,1H3;2-4H;1H;. The highest BCUT2D eigenvalue weighted by Gasteiger charge is 1.92. The molecule has 1 aromatic carbocycles. The van der Waals surface area contributed by atoms with E-state index in [-0.39, 0.29) is 4.70 Å². The van der Waals surface area contributed by atoms with E-state index in [0.717, 1.165) is 10.8 Å². The van der Waals surface area contributed by atoms with Crippen molar-refractivity contribution in [3.8, 4) is 5.75 Å². The second kappa shape index (κ2) is 13.6. The molecule has 9 heteroatoms. The first-order chi connectivity index (χ1) is 7.06. The number of hydrogen-bond donors (Lipinski definition) is 3. The third-order valence-electron chi connectivity index (χ3n) is 1.05. The number of nitrogens with zero attached hydrogens (tertiary/aromatic N) is 2. The summed E-state index contributed by atoms with van der Waals surface area (Å²) in [5.41, 5.74) is 0. The molecule has 0 aliphatic heterocycles. The van der Waals surface area contributed by atoms with Crippen LogP contribution in [0.3, 0.4) is 0 Å². The molecule has 0 fully saturated rings. The highest BCUT2D eigenvalue weighted by molar-refractivity contribution is 6.30. The molecule has 0 aromatic heterocycles. The van der Waals surface area contributed by atoms with Crippen molar-refractivity contribution in [1.29, 1.82) is 10.8 Å². The summed E-state index contributed by atoms with van der Waals surface area (Å²) in [5.74, 6) is 0.833. The lowest BCUT2D eigenvalue weighted by molar-refractivity contribution is 0.278. The van der Waals surface area contributed by atoms with E-state index < -0.39 is 7.32 Å². The summed E-state index contributed by atoms with van der Waals surface area (Å²) in [6.07, 6.45) is 0. The minimum Gasteiger partial charge on any atom is -0.497 e. The van der Waals surface area contributed by atoms with Crippen molar-refractivity contribution in [2.24, 2.45) is 0 Å². The van der Waals surface area contributed by atoms with Crippen molar-refractivity contribution >= 4 is 18.9 Å². The Morgan fingerprint density at radius 2 is 1.44 bits per heavy atom. The summed E-state index contributed by atoms with van der Waals surface area (Å²) in [4.78, 5) is 0. The quantitative estimate of drug-likeness (QED) is 0.494. The zero-order chi connectivity index (χ0) is 12.3. The van der Waals surface area contributed by atoms with Gasteiger partial charge in [-0.2, -0.15) is 0 Å². The Bertz CT molecular complexity index is 270. The second-order valence-electron chi connectivity index (χ2n) is 2.00. The minimum absolute atomic E-state index is 0. The molecule has 0 aliphatic rings. The Labute approximate surface area is 97.0 Å². The van der Waals surface area contributed by atoms with E-state index in [4.69, 9.17) is 42.2 Å². The first-order valence-electron chi connectivity index (χ1n) is 3.60. The van der Waals surface area contributed by atoms with E-state index in [1.54, 1.807) is 19.2 Å². The van der Waals surface area contributed by atoms with Gasteiger partial charge < -0.3 is 19.8 Å². The van der Waals surface area contributed by atoms with Gasteiger partial charge >= 0.3 is 7.32 Å². The summed E-state index contributed by atoms with van der Waals surface area (Å²) in [5, 5.41) is 34.2. The number of rotatable bonds is 1. The fourth-order valence-corrected chi connectivity index (χ4v) is 0.697. The van der Waals surface area contributed by atoms with Crippen LogP contribution in [0.25, 0.3) is 0 Å². The molecular weight excluding hydrogens is 241 g/mol. The summed E-state index contributed by atoms with van der Waals surface area (Å²) < 4.78 is 4.91. The predicted octanol–water partition coefficient (Wildman–Crippen LogP) is 0.479. The van der Waals surface area contributed by atoms with Crippen molar-refractivity contribution in [3.05, 3.63) is 29.3 Å². The van der Waals surface area contributed by atoms with Gasteiger partial charge in [0.2, 0.25) is 0 Å². The Balaban J connectivity index is -0.000000209. The van der Waals surface area contributed by atoms with Gasteiger partial charge in [-0.05, 0) is 24.3 Å². The molecule has 3 N–H and O–H groups in total. The molecule has 6 nitrogen and oxygen atoms in total. The third kappa shape index (κ3) is 15.1. The smallest absolute Gasteiger partial charge is 0.497 e. The molecule has 0 heterocycles. The molecule has 16 heavy (non-hydrogen) atoms. The highest BCUT2D eigenvalue weighted by Crippen LogP contribution is 2.14. The number of benzene rings is 1. The van der Waals surface area contributed by atoms with E-state index in [0.29, 0.717) is 0 Å². The molecule has 1 rings (SSSR count). The maximum Gasteiger partial charge on any atom is 0.631 e. The fraction of sp³-hybridized carbons (Fsp3) is 0.143.